The van der Waals surface area contributed by atoms with Gasteiger partial charge in [0.15, 0.2) is 17.5 Å². The molecule has 36 radical (unpaired) electrons. The Labute approximate surface area is 426 Å². The van der Waals surface area contributed by atoms with Crippen molar-refractivity contribution in [1.29, 1.82) is 0 Å². The van der Waals surface area contributed by atoms with E-state index in [0.717, 1.165) is 0 Å². The van der Waals surface area contributed by atoms with E-state index in [4.69, 9.17) is 161 Å². The average Bonchev–Trinajstić information content (AvgIpc) is 3.93. The summed E-state index contributed by atoms with van der Waals surface area (Å²) in [5.41, 5.74) is 0.806. The molecule has 0 atom stereocenters. The van der Waals surface area contributed by atoms with Crippen LogP contribution in [0.3, 0.4) is 0 Å². The van der Waals surface area contributed by atoms with Crippen LogP contribution in [0.5, 0.6) is 0 Å². The molecule has 8 aromatic carbocycles. The lowest BCUT2D eigenvalue weighted by atomic mass is 9.60. The molecular weight excluding hydrogens is 831 g/mol. The van der Waals surface area contributed by atoms with E-state index in [0.29, 0.717) is 11.1 Å². The Morgan fingerprint density at radius 1 is 0.286 bits per heavy atom. The van der Waals surface area contributed by atoms with Gasteiger partial charge in [0.1, 0.15) is 152 Å². The number of aromatic nitrogens is 4. The molecule has 0 saturated heterocycles. The van der Waals surface area contributed by atoms with Crippen LogP contribution in [0.25, 0.3) is 105 Å². The molecule has 3 aromatic heterocycles. The summed E-state index contributed by atoms with van der Waals surface area (Å²) in [7, 11) is 123. The Morgan fingerprint density at radius 2 is 0.629 bits per heavy atom. The number of nitrogens with zero attached hydrogens (tertiary/aromatic N) is 4. The average molecular weight is 841 g/mol. The molecule has 0 fully saturated rings. The first-order chi connectivity index (χ1) is 33.3. The quantitative estimate of drug-likeness (QED) is 0.166. The molecule has 0 amide bonds. The monoisotopic (exact) mass is 844 g/mol. The summed E-state index contributed by atoms with van der Waals surface area (Å²) < 4.78 is 8.22. The van der Waals surface area contributed by atoms with E-state index in [2.05, 4.69) is 0 Å². The van der Waals surface area contributed by atoms with Crippen LogP contribution in [0.15, 0.2) is 65.1 Å². The van der Waals surface area contributed by atoms with E-state index in [9.17, 15) is 0 Å². The zero-order valence-electron chi connectivity index (χ0n) is 36.9. The van der Waals surface area contributed by atoms with E-state index in [-0.39, 0.29) is 192 Å². The Morgan fingerprint density at radius 3 is 1.06 bits per heavy atom. The largest absolute Gasteiger partial charge is 0.457 e. The van der Waals surface area contributed by atoms with Gasteiger partial charge >= 0.3 is 0 Å². The molecule has 0 saturated carbocycles. The van der Waals surface area contributed by atoms with Crippen molar-refractivity contribution in [3.8, 4) is 39.9 Å². The highest BCUT2D eigenvalue weighted by Gasteiger charge is 2.31. The molecule has 0 bridgehead atoms. The molecule has 0 N–H and O–H groups in total. The molecule has 0 aliphatic heterocycles. The van der Waals surface area contributed by atoms with Crippen molar-refractivity contribution in [3.05, 3.63) is 60.7 Å². The third-order valence-electron chi connectivity index (χ3n) is 13.3. The standard InChI is InChI=1S/C47H10B18N4O/c48-22-13-15-16-14-19(25(51)33(59)31(57)23(14)49)27(53)37(63)41(16)69(40(15)36(62)26(52)18(13)24(50)32(58)30(22)56)42-29(55)21(17-20-28(54)34(60)35(61)38(64)44(20)70-43(17)39(42)65)47-67-45(11-7-3-1-4-8-11)66-46(68-47)12-9-5-2-6-10-12/h1-10H. The van der Waals surface area contributed by atoms with Gasteiger partial charge in [-0.3, -0.25) is 0 Å². The smallest absolute Gasteiger partial charge is 0.164 e. The summed E-state index contributed by atoms with van der Waals surface area (Å²) >= 11 is 0. The first-order valence-corrected chi connectivity index (χ1v) is 21.2. The van der Waals surface area contributed by atoms with Crippen LogP contribution < -0.4 is 98.3 Å². The molecule has 3 heterocycles. The summed E-state index contributed by atoms with van der Waals surface area (Å²) in [6, 6.07) is 18.5. The van der Waals surface area contributed by atoms with E-state index >= 15 is 0 Å². The van der Waals surface area contributed by atoms with Crippen LogP contribution in [0.1, 0.15) is 0 Å². The second-order valence-electron chi connectivity index (χ2n) is 17.0. The van der Waals surface area contributed by atoms with Crippen LogP contribution >= 0.6 is 0 Å². The van der Waals surface area contributed by atoms with Gasteiger partial charge in [0.05, 0.1) is 0 Å². The van der Waals surface area contributed by atoms with Gasteiger partial charge in [-0.15, -0.1) is 32.8 Å². The maximum atomic E-state index is 7.66. The molecule has 11 aromatic rings. The van der Waals surface area contributed by atoms with E-state index in [1.165, 1.54) is 0 Å². The molecule has 0 spiro atoms. The fourth-order valence-electron chi connectivity index (χ4n) is 9.81. The minimum atomic E-state index is -0.118. The van der Waals surface area contributed by atoms with Crippen molar-refractivity contribution in [1.82, 2.24) is 19.5 Å². The Bertz CT molecular complexity index is 4030. The number of hydrogen-bond acceptors (Lipinski definition) is 4. The fraction of sp³-hybridized carbons (Fsp3) is 0. The minimum Gasteiger partial charge on any atom is -0.457 e. The number of hydrogen-bond donors (Lipinski definition) is 0. The van der Waals surface area contributed by atoms with Crippen LogP contribution in [0, 0.1) is 0 Å². The maximum Gasteiger partial charge on any atom is 0.164 e. The molecule has 278 valence electrons. The number of fused-ring (bicyclic) bond motifs is 10. The number of benzene rings is 8. The van der Waals surface area contributed by atoms with Gasteiger partial charge in [0.25, 0.3) is 0 Å². The first-order valence-electron chi connectivity index (χ1n) is 21.2. The highest BCUT2D eigenvalue weighted by atomic mass is 16.3. The topological polar surface area (TPSA) is 56.7 Å². The molecule has 11 rings (SSSR count). The van der Waals surface area contributed by atoms with E-state index in [1.807, 2.05) is 60.7 Å². The van der Waals surface area contributed by atoms with Gasteiger partial charge in [-0.1, -0.05) is 121 Å². The van der Waals surface area contributed by atoms with E-state index in [1.54, 1.807) is 4.57 Å². The van der Waals surface area contributed by atoms with Crippen LogP contribution in [-0.4, -0.2) is 161 Å². The maximum absolute atomic E-state index is 7.66. The van der Waals surface area contributed by atoms with Crippen LogP contribution in [0.4, 0.5) is 0 Å². The van der Waals surface area contributed by atoms with Gasteiger partial charge in [-0.2, -0.15) is 0 Å². The number of furan rings is 1. The second kappa shape index (κ2) is 16.3. The fourth-order valence-corrected chi connectivity index (χ4v) is 9.81. The van der Waals surface area contributed by atoms with Gasteiger partial charge < -0.3 is 8.98 Å². The summed E-state index contributed by atoms with van der Waals surface area (Å²) in [5, 5.41) is 1.60. The van der Waals surface area contributed by atoms with Crippen molar-refractivity contribution in [2.75, 3.05) is 0 Å². The zero-order chi connectivity index (χ0) is 49.8. The van der Waals surface area contributed by atoms with Gasteiger partial charge in [0, 0.05) is 55.0 Å². The lowest BCUT2D eigenvalue weighted by Gasteiger charge is -2.24. The second-order valence-corrected chi connectivity index (χ2v) is 17.0. The van der Waals surface area contributed by atoms with Crippen molar-refractivity contribution < 1.29 is 4.42 Å². The van der Waals surface area contributed by atoms with Crippen molar-refractivity contribution in [3.63, 3.8) is 0 Å². The molecule has 5 nitrogen and oxygen atoms in total. The minimum absolute atomic E-state index is 0.00700. The number of rotatable bonds is 4. The van der Waals surface area contributed by atoms with Gasteiger partial charge in [0.2, 0.25) is 0 Å². The lowest BCUT2D eigenvalue weighted by molar-refractivity contribution is 0.674. The normalized spacial score (nSPS) is 11.9. The first kappa shape index (κ1) is 46.4. The molecule has 23 heteroatoms. The summed E-state index contributed by atoms with van der Waals surface area (Å²) in [5.74, 6) is 0.584. The molecular formula is C47H10B18N4O. The molecule has 70 heavy (non-hydrogen) atoms. The van der Waals surface area contributed by atoms with Crippen LogP contribution in [-0.2, 0) is 0 Å². The van der Waals surface area contributed by atoms with Gasteiger partial charge in [-0.05, 0) is 27.0 Å². The Hall–Kier alpha value is -5.94. The van der Waals surface area contributed by atoms with Crippen LogP contribution in [0.2, 0.25) is 0 Å². The predicted molar refractivity (Wildman–Crippen MR) is 310 cm³/mol. The van der Waals surface area contributed by atoms with Gasteiger partial charge in [-0.25, -0.2) is 15.0 Å². The highest BCUT2D eigenvalue weighted by Crippen LogP contribution is 2.39. The summed E-state index contributed by atoms with van der Waals surface area (Å²) in [6.07, 6.45) is 0. The highest BCUT2D eigenvalue weighted by molar-refractivity contribution is 6.75. The van der Waals surface area contributed by atoms with E-state index < -0.39 is 0 Å². The summed E-state index contributed by atoms with van der Waals surface area (Å²) in [6.45, 7) is 0. The van der Waals surface area contributed by atoms with Crippen molar-refractivity contribution >= 4 is 305 Å². The third kappa shape index (κ3) is 6.14. The van der Waals surface area contributed by atoms with Crippen molar-refractivity contribution in [2.45, 2.75) is 0 Å². The van der Waals surface area contributed by atoms with Crippen molar-refractivity contribution in [2.24, 2.45) is 0 Å². The predicted octanol–water partition coefficient (Wildman–Crippen LogP) is -9.54. The third-order valence-corrected chi connectivity index (χ3v) is 13.3. The molecule has 0 unspecified atom stereocenters. The molecule has 0 aliphatic carbocycles. The SMILES string of the molecule is [B]c1c([B])c([B])c2c(oc3c([B])c(-n4c5c([B])c([B])c6c([B])c([B])c([B])c([B])c6c5c5c6c([B])c([B])c([B])c([B])c6c([B])c([B])c54)c([B])c(-c4nc(-c5ccccc5)nc(-c5ccccc5)n4)c32)c1[B]. The Kier molecular flexibility index (Phi) is 10.8. The summed E-state index contributed by atoms with van der Waals surface area (Å²) in [4.78, 5) is 15.0. The zero-order valence-corrected chi connectivity index (χ0v) is 36.9. The Balaban J connectivity index is 1.46. The molecule has 0 aliphatic rings. The lowest BCUT2D eigenvalue weighted by Crippen LogP contribution is -2.50.